The molecule has 2 rings (SSSR count). The van der Waals surface area contributed by atoms with Gasteiger partial charge >= 0.3 is 0 Å². The maximum atomic E-state index is 5.75. The van der Waals surface area contributed by atoms with Gasteiger partial charge in [-0.1, -0.05) is 32.0 Å². The number of hydrogen-bond donors (Lipinski definition) is 1. The standard InChI is InChI=1S/C17H24N2OS/c1-13(2)11-15-16(12-18-3)21-17(19-15)9-10-20-14-7-5-4-6-8-14/h4-8,13,18H,9-12H2,1-3H3. The van der Waals surface area contributed by atoms with E-state index in [1.165, 1.54) is 15.6 Å². The molecular weight excluding hydrogens is 280 g/mol. The van der Waals surface area contributed by atoms with E-state index < -0.39 is 0 Å². The van der Waals surface area contributed by atoms with Crippen molar-refractivity contribution in [2.24, 2.45) is 5.92 Å². The Morgan fingerprint density at radius 3 is 2.67 bits per heavy atom. The van der Waals surface area contributed by atoms with Gasteiger partial charge in [-0.2, -0.15) is 0 Å². The second-order valence-corrected chi connectivity index (χ2v) is 6.69. The summed E-state index contributed by atoms with van der Waals surface area (Å²) in [6, 6.07) is 9.95. The molecule has 114 valence electrons. The van der Waals surface area contributed by atoms with Crippen molar-refractivity contribution >= 4 is 11.3 Å². The normalized spacial score (nSPS) is 11.0. The van der Waals surface area contributed by atoms with E-state index in [2.05, 4.69) is 19.2 Å². The summed E-state index contributed by atoms with van der Waals surface area (Å²) in [7, 11) is 1.98. The number of hydrogen-bond acceptors (Lipinski definition) is 4. The Bertz CT molecular complexity index is 537. The van der Waals surface area contributed by atoms with Crippen LogP contribution >= 0.6 is 11.3 Å². The number of benzene rings is 1. The van der Waals surface area contributed by atoms with E-state index in [1.807, 2.05) is 48.7 Å². The monoisotopic (exact) mass is 304 g/mol. The molecule has 0 amide bonds. The molecule has 0 radical (unpaired) electrons. The lowest BCUT2D eigenvalue weighted by Gasteiger charge is -2.04. The van der Waals surface area contributed by atoms with Crippen LogP contribution in [0.3, 0.4) is 0 Å². The average Bonchev–Trinajstić information content (AvgIpc) is 2.82. The van der Waals surface area contributed by atoms with Gasteiger partial charge in [-0.05, 0) is 31.5 Å². The molecule has 1 N–H and O–H groups in total. The van der Waals surface area contributed by atoms with Crippen LogP contribution in [0.5, 0.6) is 5.75 Å². The quantitative estimate of drug-likeness (QED) is 0.808. The lowest BCUT2D eigenvalue weighted by molar-refractivity contribution is 0.321. The molecule has 0 spiro atoms. The summed E-state index contributed by atoms with van der Waals surface area (Å²) in [4.78, 5) is 6.16. The van der Waals surface area contributed by atoms with E-state index in [1.54, 1.807) is 0 Å². The zero-order valence-electron chi connectivity index (χ0n) is 13.1. The van der Waals surface area contributed by atoms with Crippen molar-refractivity contribution < 1.29 is 4.74 Å². The van der Waals surface area contributed by atoms with E-state index in [-0.39, 0.29) is 0 Å². The molecule has 0 aliphatic heterocycles. The molecule has 0 bridgehead atoms. The Kier molecular flexibility index (Phi) is 6.21. The van der Waals surface area contributed by atoms with Crippen LogP contribution in [-0.4, -0.2) is 18.6 Å². The fraction of sp³-hybridized carbons (Fsp3) is 0.471. The maximum Gasteiger partial charge on any atom is 0.119 e. The van der Waals surface area contributed by atoms with Gasteiger partial charge in [0.25, 0.3) is 0 Å². The molecule has 0 saturated heterocycles. The first-order valence-corrected chi connectivity index (χ1v) is 8.30. The van der Waals surface area contributed by atoms with Crippen molar-refractivity contribution in [1.29, 1.82) is 0 Å². The molecule has 1 heterocycles. The van der Waals surface area contributed by atoms with E-state index in [0.717, 1.165) is 25.1 Å². The highest BCUT2D eigenvalue weighted by molar-refractivity contribution is 7.11. The molecular formula is C17H24N2OS. The largest absolute Gasteiger partial charge is 0.493 e. The molecule has 1 aromatic carbocycles. The zero-order valence-corrected chi connectivity index (χ0v) is 13.9. The van der Waals surface area contributed by atoms with Crippen LogP contribution in [0.25, 0.3) is 0 Å². The molecule has 21 heavy (non-hydrogen) atoms. The van der Waals surface area contributed by atoms with E-state index in [9.17, 15) is 0 Å². The van der Waals surface area contributed by atoms with Gasteiger partial charge < -0.3 is 10.1 Å². The van der Waals surface area contributed by atoms with Gasteiger partial charge in [-0.25, -0.2) is 4.98 Å². The topological polar surface area (TPSA) is 34.1 Å². The Balaban J connectivity index is 1.93. The molecule has 1 aromatic heterocycles. The third-order valence-corrected chi connectivity index (χ3v) is 4.25. The Hall–Kier alpha value is -1.39. The number of aromatic nitrogens is 1. The zero-order chi connectivity index (χ0) is 15.1. The fourth-order valence-corrected chi connectivity index (χ4v) is 3.25. The number of nitrogens with zero attached hydrogens (tertiary/aromatic N) is 1. The lowest BCUT2D eigenvalue weighted by Crippen LogP contribution is -2.07. The van der Waals surface area contributed by atoms with Crippen LogP contribution in [0.2, 0.25) is 0 Å². The Morgan fingerprint density at radius 2 is 2.00 bits per heavy atom. The van der Waals surface area contributed by atoms with Crippen molar-refractivity contribution in [2.45, 2.75) is 33.2 Å². The minimum Gasteiger partial charge on any atom is -0.493 e. The van der Waals surface area contributed by atoms with Crippen LogP contribution in [0.15, 0.2) is 30.3 Å². The third kappa shape index (κ3) is 5.14. The first-order chi connectivity index (χ1) is 10.2. The van der Waals surface area contributed by atoms with Gasteiger partial charge in [-0.3, -0.25) is 0 Å². The van der Waals surface area contributed by atoms with Crippen molar-refractivity contribution in [3.8, 4) is 5.75 Å². The predicted octanol–water partition coefficient (Wildman–Crippen LogP) is 3.68. The summed E-state index contributed by atoms with van der Waals surface area (Å²) in [5, 5.41) is 4.41. The smallest absolute Gasteiger partial charge is 0.119 e. The summed E-state index contributed by atoms with van der Waals surface area (Å²) < 4.78 is 5.75. The number of ether oxygens (including phenoxy) is 1. The minimum atomic E-state index is 0.635. The second-order valence-electron chi connectivity index (χ2n) is 5.52. The molecule has 2 aromatic rings. The molecule has 0 aliphatic carbocycles. The van der Waals surface area contributed by atoms with E-state index in [0.29, 0.717) is 12.5 Å². The molecule has 0 atom stereocenters. The average molecular weight is 304 g/mol. The van der Waals surface area contributed by atoms with E-state index >= 15 is 0 Å². The molecule has 0 fully saturated rings. The highest BCUT2D eigenvalue weighted by Gasteiger charge is 2.12. The van der Waals surface area contributed by atoms with Crippen molar-refractivity contribution in [1.82, 2.24) is 10.3 Å². The number of rotatable bonds is 8. The predicted molar refractivity (Wildman–Crippen MR) is 89.1 cm³/mol. The van der Waals surface area contributed by atoms with Gasteiger partial charge in [0, 0.05) is 17.8 Å². The van der Waals surface area contributed by atoms with Gasteiger partial charge in [0.15, 0.2) is 0 Å². The van der Waals surface area contributed by atoms with Crippen LogP contribution in [0, 0.1) is 5.92 Å². The van der Waals surface area contributed by atoms with Gasteiger partial charge in [0.05, 0.1) is 17.3 Å². The summed E-state index contributed by atoms with van der Waals surface area (Å²) in [6.07, 6.45) is 1.92. The maximum absolute atomic E-state index is 5.75. The fourth-order valence-electron chi connectivity index (χ4n) is 2.16. The highest BCUT2D eigenvalue weighted by Crippen LogP contribution is 2.22. The Morgan fingerprint density at radius 1 is 1.24 bits per heavy atom. The molecule has 0 unspecified atom stereocenters. The van der Waals surface area contributed by atoms with Crippen LogP contribution < -0.4 is 10.1 Å². The first-order valence-electron chi connectivity index (χ1n) is 7.49. The van der Waals surface area contributed by atoms with Gasteiger partial charge in [-0.15, -0.1) is 11.3 Å². The van der Waals surface area contributed by atoms with Gasteiger partial charge in [0.2, 0.25) is 0 Å². The third-order valence-electron chi connectivity index (χ3n) is 3.09. The first kappa shape index (κ1) is 16.0. The van der Waals surface area contributed by atoms with Crippen LogP contribution in [0.1, 0.15) is 29.4 Å². The summed E-state index contributed by atoms with van der Waals surface area (Å²) in [5.41, 5.74) is 1.25. The molecule has 0 aliphatic rings. The molecule has 4 heteroatoms. The summed E-state index contributed by atoms with van der Waals surface area (Å²) in [6.45, 7) is 6.05. The number of nitrogens with one attached hydrogen (secondary N) is 1. The van der Waals surface area contributed by atoms with Crippen molar-refractivity contribution in [3.05, 3.63) is 45.9 Å². The SMILES string of the molecule is CNCc1sc(CCOc2ccccc2)nc1CC(C)C. The van der Waals surface area contributed by atoms with E-state index in [4.69, 9.17) is 9.72 Å². The number of para-hydroxylation sites is 1. The highest BCUT2D eigenvalue weighted by atomic mass is 32.1. The molecule has 0 saturated carbocycles. The minimum absolute atomic E-state index is 0.635. The van der Waals surface area contributed by atoms with Gasteiger partial charge in [0.1, 0.15) is 5.75 Å². The van der Waals surface area contributed by atoms with Crippen molar-refractivity contribution in [2.75, 3.05) is 13.7 Å². The Labute approximate surface area is 131 Å². The second kappa shape index (κ2) is 8.15. The lowest BCUT2D eigenvalue weighted by atomic mass is 10.1. The molecule has 3 nitrogen and oxygen atoms in total. The summed E-state index contributed by atoms with van der Waals surface area (Å²) in [5.74, 6) is 1.56. The summed E-state index contributed by atoms with van der Waals surface area (Å²) >= 11 is 1.81. The van der Waals surface area contributed by atoms with Crippen LogP contribution in [0.4, 0.5) is 0 Å². The van der Waals surface area contributed by atoms with Crippen LogP contribution in [-0.2, 0) is 19.4 Å². The number of thiazole rings is 1. The van der Waals surface area contributed by atoms with Crippen molar-refractivity contribution in [3.63, 3.8) is 0 Å².